The van der Waals surface area contributed by atoms with Crippen molar-refractivity contribution in [3.8, 4) is 0 Å². The first-order chi connectivity index (χ1) is 14.0. The van der Waals surface area contributed by atoms with Crippen molar-refractivity contribution in [2.45, 2.75) is 70.9 Å². The molecule has 2 heterocycles. The summed E-state index contributed by atoms with van der Waals surface area (Å²) in [5, 5.41) is 14.3. The number of carboxylic acids is 1. The van der Waals surface area contributed by atoms with Crippen LogP contribution in [0.3, 0.4) is 0 Å². The molecule has 1 unspecified atom stereocenters. The Morgan fingerprint density at radius 2 is 1.97 bits per heavy atom. The Morgan fingerprint density at radius 1 is 1.33 bits per heavy atom. The topological polar surface area (TPSA) is 87.9 Å². The fourth-order valence-electron chi connectivity index (χ4n) is 4.36. The number of amides is 1. The summed E-state index contributed by atoms with van der Waals surface area (Å²) >= 11 is 0. The Labute approximate surface area is 178 Å². The van der Waals surface area contributed by atoms with E-state index in [2.05, 4.69) is 16.9 Å². The Hall–Kier alpha value is -2.51. The summed E-state index contributed by atoms with van der Waals surface area (Å²) in [6.07, 6.45) is 5.80. The standard InChI is InChI=1S/C22H34N4O4/c1-7-26(15-9-12-25(13-10-15)20(29)30-21(2,3)4)17-8-11-22(5,19(27)28)18-16(17)14-24(6)23-18/h8,14-15H,7,9-13H2,1-6H3,(H,27,28). The highest BCUT2D eigenvalue weighted by molar-refractivity contribution is 5.85. The van der Waals surface area contributed by atoms with E-state index in [0.717, 1.165) is 30.6 Å². The number of fused-ring (bicyclic) bond motifs is 1. The molecular formula is C22H34N4O4. The van der Waals surface area contributed by atoms with Crippen LogP contribution in [-0.2, 0) is 22.0 Å². The quantitative estimate of drug-likeness (QED) is 0.808. The Morgan fingerprint density at radius 3 is 2.50 bits per heavy atom. The van der Waals surface area contributed by atoms with Crippen LogP contribution in [-0.4, -0.2) is 68.0 Å². The van der Waals surface area contributed by atoms with Crippen molar-refractivity contribution >= 4 is 17.8 Å². The first-order valence-corrected chi connectivity index (χ1v) is 10.7. The number of carbonyl (C=O) groups excluding carboxylic acids is 1. The number of carbonyl (C=O) groups is 2. The van der Waals surface area contributed by atoms with Crippen molar-refractivity contribution in [1.82, 2.24) is 19.6 Å². The van der Waals surface area contributed by atoms with Crippen molar-refractivity contribution in [3.63, 3.8) is 0 Å². The number of carboxylic acid groups (broad SMARTS) is 1. The van der Waals surface area contributed by atoms with E-state index < -0.39 is 17.0 Å². The normalized spacial score (nSPS) is 22.3. The number of likely N-dealkylation sites (tertiary alicyclic amines) is 1. The van der Waals surface area contributed by atoms with Gasteiger partial charge in [-0.25, -0.2) is 4.79 Å². The zero-order chi connectivity index (χ0) is 22.3. The third-order valence-electron chi connectivity index (χ3n) is 6.01. The first kappa shape index (κ1) is 22.2. The number of nitrogens with zero attached hydrogens (tertiary/aromatic N) is 4. The Kier molecular flexibility index (Phi) is 5.89. The minimum Gasteiger partial charge on any atom is -0.481 e. The minimum absolute atomic E-state index is 0.257. The SMILES string of the molecule is CCN(C1=CCC(C)(C(=O)O)c2nn(C)cc21)C1CCN(C(=O)OC(C)(C)C)CC1. The van der Waals surface area contributed by atoms with Gasteiger partial charge in [0.25, 0.3) is 0 Å². The maximum atomic E-state index is 12.4. The molecule has 8 nitrogen and oxygen atoms in total. The van der Waals surface area contributed by atoms with Crippen LogP contribution in [0.5, 0.6) is 0 Å². The van der Waals surface area contributed by atoms with E-state index in [0.29, 0.717) is 25.2 Å². The van der Waals surface area contributed by atoms with E-state index in [-0.39, 0.29) is 12.1 Å². The maximum Gasteiger partial charge on any atom is 0.410 e. The van der Waals surface area contributed by atoms with Crippen LogP contribution in [0.15, 0.2) is 12.3 Å². The monoisotopic (exact) mass is 418 g/mol. The van der Waals surface area contributed by atoms with Gasteiger partial charge in [-0.05, 0) is 53.9 Å². The van der Waals surface area contributed by atoms with E-state index in [1.165, 1.54) is 0 Å². The summed E-state index contributed by atoms with van der Waals surface area (Å²) in [5.74, 6) is -0.855. The van der Waals surface area contributed by atoms with Crippen molar-refractivity contribution in [3.05, 3.63) is 23.5 Å². The maximum absolute atomic E-state index is 12.4. The molecule has 0 radical (unpaired) electrons. The van der Waals surface area contributed by atoms with Crippen molar-refractivity contribution in [2.24, 2.45) is 7.05 Å². The number of ether oxygens (including phenoxy) is 1. The van der Waals surface area contributed by atoms with Crippen LogP contribution in [0.4, 0.5) is 4.79 Å². The Balaban J connectivity index is 1.77. The largest absolute Gasteiger partial charge is 0.481 e. The van der Waals surface area contributed by atoms with Crippen LogP contribution in [0.2, 0.25) is 0 Å². The number of allylic oxidation sites excluding steroid dienone is 1. The summed E-state index contributed by atoms with van der Waals surface area (Å²) in [6, 6.07) is 0.280. The van der Waals surface area contributed by atoms with Crippen LogP contribution < -0.4 is 0 Å². The lowest BCUT2D eigenvalue weighted by Crippen LogP contribution is -2.48. The number of aromatic nitrogens is 2. The molecule has 1 atom stereocenters. The van der Waals surface area contributed by atoms with Crippen LogP contribution >= 0.6 is 0 Å². The molecule has 1 aromatic rings. The van der Waals surface area contributed by atoms with E-state index in [1.54, 1.807) is 16.5 Å². The lowest BCUT2D eigenvalue weighted by atomic mass is 9.77. The fraction of sp³-hybridized carbons (Fsp3) is 0.682. The molecule has 1 fully saturated rings. The van der Waals surface area contributed by atoms with Crippen LogP contribution in [0.1, 0.15) is 65.1 Å². The average molecular weight is 419 g/mol. The molecule has 30 heavy (non-hydrogen) atoms. The van der Waals surface area contributed by atoms with Gasteiger partial charge in [0.1, 0.15) is 11.0 Å². The lowest BCUT2D eigenvalue weighted by Gasteiger charge is -2.42. The third-order valence-corrected chi connectivity index (χ3v) is 6.01. The zero-order valence-electron chi connectivity index (χ0n) is 18.9. The second-order valence-electron chi connectivity index (χ2n) is 9.48. The molecule has 2 aliphatic rings. The lowest BCUT2D eigenvalue weighted by molar-refractivity contribution is -0.143. The molecule has 1 N–H and O–H groups in total. The molecular weight excluding hydrogens is 384 g/mol. The summed E-state index contributed by atoms with van der Waals surface area (Å²) in [4.78, 5) is 28.4. The molecule has 1 amide bonds. The van der Waals surface area contributed by atoms with Gasteiger partial charge in [0.15, 0.2) is 0 Å². The number of aliphatic carboxylic acids is 1. The van der Waals surface area contributed by atoms with E-state index in [9.17, 15) is 14.7 Å². The minimum atomic E-state index is -1.01. The number of hydrogen-bond acceptors (Lipinski definition) is 5. The van der Waals surface area contributed by atoms with E-state index in [1.807, 2.05) is 40.1 Å². The average Bonchev–Trinajstić information content (AvgIpc) is 3.06. The van der Waals surface area contributed by atoms with Crippen LogP contribution in [0.25, 0.3) is 5.70 Å². The number of hydrogen-bond donors (Lipinski definition) is 1. The van der Waals surface area contributed by atoms with Gasteiger partial charge in [-0.1, -0.05) is 6.08 Å². The second-order valence-corrected chi connectivity index (χ2v) is 9.48. The van der Waals surface area contributed by atoms with Gasteiger partial charge in [0.05, 0.1) is 5.69 Å². The van der Waals surface area contributed by atoms with Crippen molar-refractivity contribution in [2.75, 3.05) is 19.6 Å². The predicted octanol–water partition coefficient (Wildman–Crippen LogP) is 3.23. The highest BCUT2D eigenvalue weighted by atomic mass is 16.6. The highest BCUT2D eigenvalue weighted by Crippen LogP contribution is 2.41. The number of aryl methyl sites for hydroxylation is 1. The molecule has 0 aromatic carbocycles. The molecule has 1 saturated heterocycles. The second kappa shape index (κ2) is 7.96. The van der Waals surface area contributed by atoms with Gasteiger partial charge in [-0.2, -0.15) is 5.10 Å². The third kappa shape index (κ3) is 4.18. The van der Waals surface area contributed by atoms with E-state index in [4.69, 9.17) is 4.74 Å². The number of rotatable bonds is 4. The van der Waals surface area contributed by atoms with E-state index >= 15 is 0 Å². The smallest absolute Gasteiger partial charge is 0.410 e. The zero-order valence-corrected chi connectivity index (χ0v) is 18.9. The first-order valence-electron chi connectivity index (χ1n) is 10.7. The Bertz CT molecular complexity index is 846. The van der Waals surface area contributed by atoms with Crippen LogP contribution in [0, 0.1) is 0 Å². The molecule has 0 spiro atoms. The molecule has 0 bridgehead atoms. The molecule has 1 aromatic heterocycles. The van der Waals surface area contributed by atoms with Gasteiger partial charge in [0.2, 0.25) is 0 Å². The molecule has 8 heteroatoms. The molecule has 0 saturated carbocycles. The summed E-state index contributed by atoms with van der Waals surface area (Å²) in [7, 11) is 1.83. The van der Waals surface area contributed by atoms with Gasteiger partial charge < -0.3 is 19.6 Å². The fourth-order valence-corrected chi connectivity index (χ4v) is 4.36. The van der Waals surface area contributed by atoms with Gasteiger partial charge in [-0.15, -0.1) is 0 Å². The van der Waals surface area contributed by atoms with Gasteiger partial charge >= 0.3 is 12.1 Å². The molecule has 1 aliphatic carbocycles. The van der Waals surface area contributed by atoms with Gasteiger partial charge in [-0.3, -0.25) is 9.48 Å². The van der Waals surface area contributed by atoms with Gasteiger partial charge in [0, 0.05) is 50.2 Å². The highest BCUT2D eigenvalue weighted by Gasteiger charge is 2.43. The summed E-state index contributed by atoms with van der Waals surface area (Å²) in [6.45, 7) is 11.6. The van der Waals surface area contributed by atoms with Crippen molar-refractivity contribution < 1.29 is 19.4 Å². The molecule has 3 rings (SSSR count). The molecule has 1 aliphatic heterocycles. The predicted molar refractivity (Wildman–Crippen MR) is 114 cm³/mol. The summed E-state index contributed by atoms with van der Waals surface area (Å²) < 4.78 is 7.20. The summed E-state index contributed by atoms with van der Waals surface area (Å²) in [5.41, 5.74) is 1.06. The van der Waals surface area contributed by atoms with Crippen molar-refractivity contribution in [1.29, 1.82) is 0 Å². The molecule has 166 valence electrons. The number of piperidine rings is 1.